The molecule has 0 radical (unpaired) electrons. The highest BCUT2D eigenvalue weighted by Gasteiger charge is 2.17. The van der Waals surface area contributed by atoms with Gasteiger partial charge >= 0.3 is 0 Å². The van der Waals surface area contributed by atoms with Crippen LogP contribution in [0, 0.1) is 20.8 Å². The van der Waals surface area contributed by atoms with Gasteiger partial charge in [0.05, 0.1) is 12.7 Å². The summed E-state index contributed by atoms with van der Waals surface area (Å²) < 4.78 is 6.33. The second-order valence-electron chi connectivity index (χ2n) is 4.93. The Morgan fingerprint density at radius 2 is 1.80 bits per heavy atom. The maximum atomic E-state index is 12.7. The van der Waals surface area contributed by atoms with Gasteiger partial charge < -0.3 is 4.74 Å². The predicted octanol–water partition coefficient (Wildman–Crippen LogP) is 4.61. The normalized spacial score (nSPS) is 10.4. The van der Waals surface area contributed by atoms with Crippen LogP contribution in [0.5, 0.6) is 5.75 Å². The number of halogens is 1. The Kier molecular flexibility index (Phi) is 4.29. The number of rotatable bonds is 3. The molecule has 2 aromatic rings. The summed E-state index contributed by atoms with van der Waals surface area (Å²) >= 11 is 3.43. The summed E-state index contributed by atoms with van der Waals surface area (Å²) in [5.41, 5.74) is 4.44. The molecule has 0 atom stereocenters. The van der Waals surface area contributed by atoms with E-state index in [9.17, 15) is 4.79 Å². The van der Waals surface area contributed by atoms with Crippen LogP contribution < -0.4 is 4.74 Å². The third-order valence-electron chi connectivity index (χ3n) is 3.43. The lowest BCUT2D eigenvalue weighted by Gasteiger charge is -2.13. The van der Waals surface area contributed by atoms with Crippen molar-refractivity contribution in [2.24, 2.45) is 0 Å². The van der Waals surface area contributed by atoms with E-state index in [0.29, 0.717) is 16.9 Å². The van der Waals surface area contributed by atoms with Gasteiger partial charge in [-0.05, 0) is 61.7 Å². The third kappa shape index (κ3) is 2.78. The minimum atomic E-state index is -0.0191. The van der Waals surface area contributed by atoms with Crippen LogP contribution in [0.3, 0.4) is 0 Å². The number of hydrogen-bond donors (Lipinski definition) is 0. The molecular formula is C17H17BrO2. The van der Waals surface area contributed by atoms with Crippen molar-refractivity contribution in [2.75, 3.05) is 7.11 Å². The van der Waals surface area contributed by atoms with E-state index in [1.54, 1.807) is 7.11 Å². The van der Waals surface area contributed by atoms with Crippen LogP contribution in [0.2, 0.25) is 0 Å². The van der Waals surface area contributed by atoms with Crippen molar-refractivity contribution in [2.45, 2.75) is 20.8 Å². The monoisotopic (exact) mass is 332 g/mol. The molecule has 0 aliphatic carbocycles. The quantitative estimate of drug-likeness (QED) is 0.767. The van der Waals surface area contributed by atoms with E-state index in [1.165, 1.54) is 0 Å². The zero-order chi connectivity index (χ0) is 14.9. The number of carbonyl (C=O) groups is 1. The number of ether oxygens (including phenoxy) is 1. The molecule has 0 spiro atoms. The van der Waals surface area contributed by atoms with Crippen LogP contribution in [0.4, 0.5) is 0 Å². The summed E-state index contributed by atoms with van der Waals surface area (Å²) in [4.78, 5) is 12.7. The molecule has 2 aromatic carbocycles. The molecule has 0 unspecified atom stereocenters. The topological polar surface area (TPSA) is 26.3 Å². The number of aryl methyl sites for hydroxylation is 2. The van der Waals surface area contributed by atoms with Crippen LogP contribution in [-0.2, 0) is 0 Å². The van der Waals surface area contributed by atoms with Gasteiger partial charge in [-0.15, -0.1) is 0 Å². The van der Waals surface area contributed by atoms with Crippen molar-refractivity contribution >= 4 is 21.7 Å². The summed E-state index contributed by atoms with van der Waals surface area (Å²) in [5.74, 6) is 0.641. The highest BCUT2D eigenvalue weighted by molar-refractivity contribution is 9.10. The molecule has 0 aromatic heterocycles. The van der Waals surface area contributed by atoms with Gasteiger partial charge in [0.25, 0.3) is 0 Å². The Morgan fingerprint density at radius 3 is 2.40 bits per heavy atom. The molecule has 2 nitrogen and oxygen atoms in total. The molecule has 0 fully saturated rings. The minimum Gasteiger partial charge on any atom is -0.496 e. The molecule has 0 saturated carbocycles. The van der Waals surface area contributed by atoms with Crippen LogP contribution in [0.25, 0.3) is 0 Å². The summed E-state index contributed by atoms with van der Waals surface area (Å²) in [6.45, 7) is 5.95. The Morgan fingerprint density at radius 1 is 1.10 bits per heavy atom. The summed E-state index contributed by atoms with van der Waals surface area (Å²) in [6.07, 6.45) is 0. The third-order valence-corrected chi connectivity index (χ3v) is 3.89. The van der Waals surface area contributed by atoms with E-state index < -0.39 is 0 Å². The lowest BCUT2D eigenvalue weighted by Crippen LogP contribution is -2.06. The Balaban J connectivity index is 2.56. The molecule has 0 aliphatic rings. The molecule has 0 saturated heterocycles. The van der Waals surface area contributed by atoms with Gasteiger partial charge in [-0.3, -0.25) is 4.79 Å². The number of benzene rings is 2. The molecule has 2 rings (SSSR count). The van der Waals surface area contributed by atoms with Crippen molar-refractivity contribution < 1.29 is 9.53 Å². The first-order chi connectivity index (χ1) is 9.43. The number of carbonyl (C=O) groups excluding carboxylic acids is 1. The number of methoxy groups -OCH3 is 1. The van der Waals surface area contributed by atoms with E-state index in [0.717, 1.165) is 21.2 Å². The maximum absolute atomic E-state index is 12.7. The van der Waals surface area contributed by atoms with Crippen molar-refractivity contribution in [3.05, 3.63) is 62.6 Å². The Hall–Kier alpha value is -1.61. The van der Waals surface area contributed by atoms with Gasteiger partial charge in [0.2, 0.25) is 0 Å². The van der Waals surface area contributed by atoms with Crippen molar-refractivity contribution in [1.82, 2.24) is 0 Å². The van der Waals surface area contributed by atoms with Crippen molar-refractivity contribution in [3.63, 3.8) is 0 Å². The van der Waals surface area contributed by atoms with Gasteiger partial charge in [0.15, 0.2) is 5.78 Å². The molecule has 20 heavy (non-hydrogen) atoms. The predicted molar refractivity (Wildman–Crippen MR) is 84.8 cm³/mol. The zero-order valence-corrected chi connectivity index (χ0v) is 13.7. The molecule has 0 heterocycles. The largest absolute Gasteiger partial charge is 0.496 e. The minimum absolute atomic E-state index is 0.0191. The fourth-order valence-corrected chi connectivity index (χ4v) is 2.86. The molecule has 0 aliphatic heterocycles. The molecule has 0 amide bonds. The van der Waals surface area contributed by atoms with Gasteiger partial charge in [0, 0.05) is 10.0 Å². The van der Waals surface area contributed by atoms with Crippen LogP contribution >= 0.6 is 15.9 Å². The van der Waals surface area contributed by atoms with E-state index >= 15 is 0 Å². The molecule has 104 valence electrons. The fraction of sp³-hybridized carbons (Fsp3) is 0.235. The smallest absolute Gasteiger partial charge is 0.196 e. The fourth-order valence-electron chi connectivity index (χ4n) is 2.25. The maximum Gasteiger partial charge on any atom is 0.196 e. The van der Waals surface area contributed by atoms with Gasteiger partial charge in [-0.25, -0.2) is 0 Å². The summed E-state index contributed by atoms with van der Waals surface area (Å²) in [6, 6.07) is 9.50. The first kappa shape index (κ1) is 14.8. The molecule has 0 bridgehead atoms. The van der Waals surface area contributed by atoms with Crippen LogP contribution in [0.15, 0.2) is 34.8 Å². The molecule has 0 N–H and O–H groups in total. The van der Waals surface area contributed by atoms with E-state index in [2.05, 4.69) is 15.9 Å². The second-order valence-corrected chi connectivity index (χ2v) is 5.85. The van der Waals surface area contributed by atoms with Crippen LogP contribution in [-0.4, -0.2) is 12.9 Å². The Bertz CT molecular complexity index is 655. The van der Waals surface area contributed by atoms with E-state index in [4.69, 9.17) is 4.74 Å². The standard InChI is InChI=1S/C17H17BrO2/c1-10-7-13(9-14(18)8-10)16(19)15-6-5-11(2)12(3)17(15)20-4/h5-9H,1-4H3. The average molecular weight is 333 g/mol. The van der Waals surface area contributed by atoms with Gasteiger partial charge in [-0.2, -0.15) is 0 Å². The van der Waals surface area contributed by atoms with Crippen molar-refractivity contribution in [3.8, 4) is 5.75 Å². The van der Waals surface area contributed by atoms with Gasteiger partial charge in [0.1, 0.15) is 5.75 Å². The number of hydrogen-bond acceptors (Lipinski definition) is 2. The van der Waals surface area contributed by atoms with Crippen LogP contribution in [0.1, 0.15) is 32.6 Å². The SMILES string of the molecule is COc1c(C(=O)c2cc(C)cc(Br)c2)ccc(C)c1C. The van der Waals surface area contributed by atoms with Gasteiger partial charge in [-0.1, -0.05) is 22.0 Å². The molecule has 3 heteroatoms. The van der Waals surface area contributed by atoms with Crippen molar-refractivity contribution in [1.29, 1.82) is 0 Å². The second kappa shape index (κ2) is 5.80. The summed E-state index contributed by atoms with van der Waals surface area (Å²) in [5, 5.41) is 0. The van der Waals surface area contributed by atoms with E-state index in [-0.39, 0.29) is 5.78 Å². The number of ketones is 1. The van der Waals surface area contributed by atoms with E-state index in [1.807, 2.05) is 51.1 Å². The lowest BCUT2D eigenvalue weighted by atomic mass is 9.97. The molecular weight excluding hydrogens is 316 g/mol. The highest BCUT2D eigenvalue weighted by Crippen LogP contribution is 2.29. The first-order valence-corrected chi connectivity index (χ1v) is 7.19. The zero-order valence-electron chi connectivity index (χ0n) is 12.1. The summed E-state index contributed by atoms with van der Waals surface area (Å²) in [7, 11) is 1.60. The lowest BCUT2D eigenvalue weighted by molar-refractivity contribution is 0.103. The Labute approximate surface area is 127 Å². The highest BCUT2D eigenvalue weighted by atomic mass is 79.9. The first-order valence-electron chi connectivity index (χ1n) is 6.40. The average Bonchev–Trinajstić information content (AvgIpc) is 2.39.